The SMILES string of the molecule is CCC(C)C(NC(=O)C(Cc1ccc(O)cc1)NC(=O)CNC(=O)C(N)CO)C(=O)O. The maximum absolute atomic E-state index is 12.8. The molecule has 1 aromatic carbocycles. The number of hydrogen-bond donors (Lipinski definition) is 7. The molecule has 8 N–H and O–H groups in total. The van der Waals surface area contributed by atoms with Crippen LogP contribution in [0.5, 0.6) is 5.75 Å². The van der Waals surface area contributed by atoms with E-state index in [9.17, 15) is 29.4 Å². The van der Waals surface area contributed by atoms with E-state index in [1.165, 1.54) is 12.1 Å². The Labute approximate surface area is 180 Å². The van der Waals surface area contributed by atoms with Crippen molar-refractivity contribution in [1.29, 1.82) is 0 Å². The molecule has 31 heavy (non-hydrogen) atoms. The van der Waals surface area contributed by atoms with Gasteiger partial charge in [0.15, 0.2) is 0 Å². The number of phenols is 1. The van der Waals surface area contributed by atoms with Gasteiger partial charge in [-0.15, -0.1) is 0 Å². The van der Waals surface area contributed by atoms with E-state index < -0.39 is 55.0 Å². The Morgan fingerprint density at radius 1 is 1.06 bits per heavy atom. The number of phenolic OH excluding ortho intramolecular Hbond substituents is 1. The third-order valence-corrected chi connectivity index (χ3v) is 4.76. The molecule has 0 spiro atoms. The Kier molecular flexibility index (Phi) is 10.4. The van der Waals surface area contributed by atoms with E-state index in [0.29, 0.717) is 12.0 Å². The summed E-state index contributed by atoms with van der Waals surface area (Å²) in [5, 5.41) is 34.9. The van der Waals surface area contributed by atoms with Crippen molar-refractivity contribution >= 4 is 23.7 Å². The first-order valence-electron chi connectivity index (χ1n) is 9.83. The minimum Gasteiger partial charge on any atom is -0.508 e. The first-order chi connectivity index (χ1) is 14.6. The number of carbonyl (C=O) groups is 4. The second kappa shape index (κ2) is 12.5. The first-order valence-corrected chi connectivity index (χ1v) is 9.83. The zero-order chi connectivity index (χ0) is 23.6. The van der Waals surface area contributed by atoms with E-state index in [0.717, 1.165) is 0 Å². The number of carboxylic acid groups (broad SMARTS) is 1. The highest BCUT2D eigenvalue weighted by Gasteiger charge is 2.29. The molecule has 0 aromatic heterocycles. The average Bonchev–Trinajstić information content (AvgIpc) is 2.75. The van der Waals surface area contributed by atoms with Gasteiger partial charge >= 0.3 is 5.97 Å². The number of rotatable bonds is 12. The molecule has 11 nitrogen and oxygen atoms in total. The molecule has 1 aromatic rings. The van der Waals surface area contributed by atoms with Gasteiger partial charge in [-0.1, -0.05) is 32.4 Å². The fraction of sp³-hybridized carbons (Fsp3) is 0.500. The van der Waals surface area contributed by atoms with Crippen LogP contribution in [0.25, 0.3) is 0 Å². The number of aromatic hydroxyl groups is 1. The zero-order valence-electron chi connectivity index (χ0n) is 17.5. The van der Waals surface area contributed by atoms with Gasteiger partial charge < -0.3 is 37.0 Å². The quantitative estimate of drug-likeness (QED) is 0.204. The minimum absolute atomic E-state index is 0.0226. The van der Waals surface area contributed by atoms with Crippen molar-refractivity contribution in [2.45, 2.75) is 44.8 Å². The van der Waals surface area contributed by atoms with Gasteiger partial charge in [0.2, 0.25) is 17.7 Å². The maximum atomic E-state index is 12.8. The topological polar surface area (TPSA) is 191 Å². The summed E-state index contributed by atoms with van der Waals surface area (Å²) >= 11 is 0. The number of carbonyl (C=O) groups excluding carboxylic acids is 3. The Hall–Kier alpha value is -3.18. The fourth-order valence-corrected chi connectivity index (χ4v) is 2.64. The van der Waals surface area contributed by atoms with E-state index in [2.05, 4.69) is 16.0 Å². The van der Waals surface area contributed by atoms with Crippen LogP contribution in [-0.4, -0.2) is 70.3 Å². The molecule has 4 unspecified atom stereocenters. The molecule has 0 saturated carbocycles. The Bertz CT molecular complexity index is 769. The van der Waals surface area contributed by atoms with Gasteiger partial charge in [0.25, 0.3) is 0 Å². The number of amides is 3. The average molecular weight is 438 g/mol. The molecular formula is C20H30N4O7. The number of benzene rings is 1. The molecule has 3 amide bonds. The largest absolute Gasteiger partial charge is 0.508 e. The van der Waals surface area contributed by atoms with Crippen LogP contribution in [0.15, 0.2) is 24.3 Å². The van der Waals surface area contributed by atoms with Gasteiger partial charge in [0, 0.05) is 6.42 Å². The van der Waals surface area contributed by atoms with Crippen molar-refractivity contribution in [2.24, 2.45) is 11.7 Å². The van der Waals surface area contributed by atoms with Crippen molar-refractivity contribution in [3.63, 3.8) is 0 Å². The van der Waals surface area contributed by atoms with Gasteiger partial charge in [-0.25, -0.2) is 4.79 Å². The summed E-state index contributed by atoms with van der Waals surface area (Å²) < 4.78 is 0. The molecular weight excluding hydrogens is 408 g/mol. The number of aliphatic hydroxyl groups is 1. The van der Waals surface area contributed by atoms with Crippen LogP contribution in [0.1, 0.15) is 25.8 Å². The van der Waals surface area contributed by atoms with Crippen LogP contribution in [-0.2, 0) is 25.6 Å². The van der Waals surface area contributed by atoms with Crippen LogP contribution in [0.3, 0.4) is 0 Å². The summed E-state index contributed by atoms with van der Waals surface area (Å²) in [6.07, 6.45) is 0.540. The predicted molar refractivity (Wildman–Crippen MR) is 111 cm³/mol. The lowest BCUT2D eigenvalue weighted by atomic mass is 9.98. The molecule has 0 aliphatic heterocycles. The zero-order valence-corrected chi connectivity index (χ0v) is 17.5. The highest BCUT2D eigenvalue weighted by molar-refractivity contribution is 5.92. The third-order valence-electron chi connectivity index (χ3n) is 4.76. The summed E-state index contributed by atoms with van der Waals surface area (Å²) in [6, 6.07) is 2.50. The summed E-state index contributed by atoms with van der Waals surface area (Å²) in [4.78, 5) is 48.2. The van der Waals surface area contributed by atoms with Crippen molar-refractivity contribution < 1.29 is 34.5 Å². The standard InChI is InChI=1S/C20H30N4O7/c1-3-11(2)17(20(30)31)24-19(29)15(8-12-4-6-13(26)7-5-12)23-16(27)9-22-18(28)14(21)10-25/h4-7,11,14-15,17,25-26H,3,8-10,21H2,1-2H3,(H,22,28)(H,23,27)(H,24,29)(H,30,31). The highest BCUT2D eigenvalue weighted by Crippen LogP contribution is 2.13. The number of carboxylic acids is 1. The lowest BCUT2D eigenvalue weighted by molar-refractivity contribution is -0.143. The molecule has 0 saturated heterocycles. The van der Waals surface area contributed by atoms with E-state index in [4.69, 9.17) is 10.8 Å². The van der Waals surface area contributed by atoms with Crippen LogP contribution < -0.4 is 21.7 Å². The summed E-state index contributed by atoms with van der Waals surface area (Å²) in [5.74, 6) is -3.65. The molecule has 11 heteroatoms. The number of nitrogens with two attached hydrogens (primary N) is 1. The molecule has 0 bridgehead atoms. The van der Waals surface area contributed by atoms with Crippen LogP contribution in [0.2, 0.25) is 0 Å². The Balaban J connectivity index is 2.92. The van der Waals surface area contributed by atoms with Gasteiger partial charge in [-0.3, -0.25) is 14.4 Å². The monoisotopic (exact) mass is 438 g/mol. The number of aliphatic carboxylic acids is 1. The minimum atomic E-state index is -1.19. The van der Waals surface area contributed by atoms with Gasteiger partial charge in [-0.05, 0) is 23.6 Å². The second-order valence-electron chi connectivity index (χ2n) is 7.21. The number of aliphatic hydroxyl groups excluding tert-OH is 1. The first kappa shape index (κ1) is 25.9. The van der Waals surface area contributed by atoms with Crippen molar-refractivity contribution in [2.75, 3.05) is 13.2 Å². The molecule has 1 rings (SSSR count). The maximum Gasteiger partial charge on any atom is 0.326 e. The highest BCUT2D eigenvalue weighted by atomic mass is 16.4. The van der Waals surface area contributed by atoms with Crippen LogP contribution in [0.4, 0.5) is 0 Å². The van der Waals surface area contributed by atoms with Gasteiger partial charge in [0.1, 0.15) is 23.9 Å². The van der Waals surface area contributed by atoms with Crippen molar-refractivity contribution in [3.05, 3.63) is 29.8 Å². The number of nitrogens with one attached hydrogen (secondary N) is 3. The van der Waals surface area contributed by atoms with E-state index >= 15 is 0 Å². The molecule has 0 heterocycles. The predicted octanol–water partition coefficient (Wildman–Crippen LogP) is -1.53. The molecule has 4 atom stereocenters. The fourth-order valence-electron chi connectivity index (χ4n) is 2.64. The Morgan fingerprint density at radius 3 is 2.19 bits per heavy atom. The third kappa shape index (κ3) is 8.60. The molecule has 0 radical (unpaired) electrons. The van der Waals surface area contributed by atoms with E-state index in [-0.39, 0.29) is 18.1 Å². The van der Waals surface area contributed by atoms with E-state index in [1.54, 1.807) is 26.0 Å². The summed E-state index contributed by atoms with van der Waals surface area (Å²) in [6.45, 7) is 2.40. The summed E-state index contributed by atoms with van der Waals surface area (Å²) in [7, 11) is 0. The Morgan fingerprint density at radius 2 is 1.68 bits per heavy atom. The van der Waals surface area contributed by atoms with Crippen molar-refractivity contribution in [3.8, 4) is 5.75 Å². The molecule has 0 fully saturated rings. The molecule has 0 aliphatic rings. The normalized spacial score (nSPS) is 14.6. The summed E-state index contributed by atoms with van der Waals surface area (Å²) in [5.41, 5.74) is 5.97. The number of hydrogen-bond acceptors (Lipinski definition) is 7. The van der Waals surface area contributed by atoms with Gasteiger partial charge in [0.05, 0.1) is 13.2 Å². The lowest BCUT2D eigenvalue weighted by Gasteiger charge is -2.24. The molecule has 172 valence electrons. The van der Waals surface area contributed by atoms with Gasteiger partial charge in [-0.2, -0.15) is 0 Å². The second-order valence-corrected chi connectivity index (χ2v) is 7.21. The lowest BCUT2D eigenvalue weighted by Crippen LogP contribution is -2.55. The molecule has 0 aliphatic carbocycles. The smallest absolute Gasteiger partial charge is 0.326 e. The van der Waals surface area contributed by atoms with Crippen LogP contribution in [0, 0.1) is 5.92 Å². The van der Waals surface area contributed by atoms with Crippen LogP contribution >= 0.6 is 0 Å². The van der Waals surface area contributed by atoms with Crippen molar-refractivity contribution in [1.82, 2.24) is 16.0 Å². The van der Waals surface area contributed by atoms with E-state index in [1.807, 2.05) is 0 Å².